The molecule has 0 spiro atoms. The van der Waals surface area contributed by atoms with E-state index < -0.39 is 6.10 Å². The van der Waals surface area contributed by atoms with Crippen molar-refractivity contribution in [2.75, 3.05) is 0 Å². The van der Waals surface area contributed by atoms with Crippen molar-refractivity contribution in [2.24, 2.45) is 11.7 Å². The first-order chi connectivity index (χ1) is 6.61. The summed E-state index contributed by atoms with van der Waals surface area (Å²) in [6.45, 7) is 8.20. The summed E-state index contributed by atoms with van der Waals surface area (Å²) in [5.74, 6) is 0.574. The molecule has 0 aliphatic heterocycles. The lowest BCUT2D eigenvalue weighted by Gasteiger charge is -2.11. The van der Waals surface area contributed by atoms with Gasteiger partial charge in [-0.2, -0.15) is 0 Å². The van der Waals surface area contributed by atoms with Gasteiger partial charge < -0.3 is 16.2 Å². The third-order valence-electron chi connectivity index (χ3n) is 1.76. The van der Waals surface area contributed by atoms with E-state index in [1.54, 1.807) is 0 Å². The monoisotopic (exact) mass is 200 g/mol. The van der Waals surface area contributed by atoms with Gasteiger partial charge in [-0.05, 0) is 18.8 Å². The van der Waals surface area contributed by atoms with E-state index >= 15 is 0 Å². The maximum atomic E-state index is 9.46. The van der Waals surface area contributed by atoms with Crippen LogP contribution in [0, 0.1) is 11.3 Å². The number of hydrogen-bond acceptors (Lipinski definition) is 3. The minimum absolute atomic E-state index is 0.496. The van der Waals surface area contributed by atoms with E-state index in [-0.39, 0.29) is 0 Å². The summed E-state index contributed by atoms with van der Waals surface area (Å²) in [6.07, 6.45) is 3.45. The van der Waals surface area contributed by atoms with Crippen LogP contribution in [0.4, 0.5) is 0 Å². The van der Waals surface area contributed by atoms with Crippen LogP contribution in [0.15, 0.2) is 11.8 Å². The zero-order chi connectivity index (χ0) is 11.6. The first kappa shape index (κ1) is 15.6. The van der Waals surface area contributed by atoms with Crippen LogP contribution in [0.3, 0.4) is 0 Å². The van der Waals surface area contributed by atoms with E-state index in [0.29, 0.717) is 17.9 Å². The average Bonchev–Trinajstić information content (AvgIpc) is 2.19. The Morgan fingerprint density at radius 1 is 1.36 bits per heavy atom. The molecule has 0 aromatic rings. The normalized spacial score (nSPS) is 13.1. The molecule has 0 aromatic heterocycles. The second-order valence-corrected chi connectivity index (χ2v) is 3.30. The van der Waals surface area contributed by atoms with Gasteiger partial charge in [0, 0.05) is 18.0 Å². The Morgan fingerprint density at radius 2 is 1.86 bits per heavy atom. The molecule has 0 saturated carbocycles. The number of nitrogens with two attached hydrogens (primary N) is 1. The Hall–Kier alpha value is -0.830. The van der Waals surface area contributed by atoms with Gasteiger partial charge in [-0.15, -0.1) is 0 Å². The second-order valence-electron chi connectivity index (χ2n) is 3.30. The summed E-state index contributed by atoms with van der Waals surface area (Å²) < 4.78 is 0. The molecular weight excluding hydrogens is 176 g/mol. The topological polar surface area (TPSA) is 70.1 Å². The first-order valence-corrected chi connectivity index (χ1v) is 5.22. The van der Waals surface area contributed by atoms with Gasteiger partial charge in [0.15, 0.2) is 0 Å². The van der Waals surface area contributed by atoms with Gasteiger partial charge in [-0.3, -0.25) is 0 Å². The molecule has 84 valence electrons. The van der Waals surface area contributed by atoms with Crippen LogP contribution < -0.4 is 5.73 Å². The van der Waals surface area contributed by atoms with Crippen LogP contribution in [-0.2, 0) is 0 Å². The van der Waals surface area contributed by atoms with Crippen molar-refractivity contribution in [1.29, 1.82) is 5.41 Å². The fourth-order valence-electron chi connectivity index (χ4n) is 0.913. The highest BCUT2D eigenvalue weighted by Gasteiger charge is 2.08. The lowest BCUT2D eigenvalue weighted by atomic mass is 10.0. The third kappa shape index (κ3) is 7.80. The van der Waals surface area contributed by atoms with Crippen molar-refractivity contribution in [3.05, 3.63) is 11.8 Å². The van der Waals surface area contributed by atoms with Crippen molar-refractivity contribution in [3.63, 3.8) is 0 Å². The van der Waals surface area contributed by atoms with Crippen molar-refractivity contribution in [3.8, 4) is 0 Å². The maximum Gasteiger partial charge on any atom is 0.0818 e. The standard InChI is InChI=1S/C9H18N2O.C2H6/c1-7(2)3-4-9(12)8(5-10)6-11;1-2/h5-7,9-10,12H,3-4,11H2,1-2H3;1-2H3/b8-6+,10-5?;. The van der Waals surface area contributed by atoms with Crippen LogP contribution in [0.2, 0.25) is 0 Å². The highest BCUT2D eigenvalue weighted by atomic mass is 16.3. The van der Waals surface area contributed by atoms with Crippen LogP contribution in [-0.4, -0.2) is 17.4 Å². The lowest BCUT2D eigenvalue weighted by Crippen LogP contribution is -2.13. The Bertz CT molecular complexity index is 165. The van der Waals surface area contributed by atoms with E-state index in [0.717, 1.165) is 12.6 Å². The highest BCUT2D eigenvalue weighted by molar-refractivity contribution is 5.76. The predicted octanol–water partition coefficient (Wildman–Crippen LogP) is 2.30. The predicted molar refractivity (Wildman–Crippen MR) is 62.5 cm³/mol. The quantitative estimate of drug-likeness (QED) is 0.596. The molecular formula is C11H24N2O. The zero-order valence-electron chi connectivity index (χ0n) is 9.75. The number of aliphatic hydroxyl groups excluding tert-OH is 1. The van der Waals surface area contributed by atoms with E-state index in [2.05, 4.69) is 13.8 Å². The third-order valence-corrected chi connectivity index (χ3v) is 1.76. The second kappa shape index (κ2) is 10.3. The van der Waals surface area contributed by atoms with Crippen LogP contribution in [0.25, 0.3) is 0 Å². The summed E-state index contributed by atoms with van der Waals surface area (Å²) in [4.78, 5) is 0. The molecule has 14 heavy (non-hydrogen) atoms. The summed E-state index contributed by atoms with van der Waals surface area (Å²) >= 11 is 0. The van der Waals surface area contributed by atoms with Crippen molar-refractivity contribution in [1.82, 2.24) is 0 Å². The Balaban J connectivity index is 0. The largest absolute Gasteiger partial charge is 0.404 e. The molecule has 0 aliphatic carbocycles. The average molecular weight is 200 g/mol. The Morgan fingerprint density at radius 3 is 2.14 bits per heavy atom. The molecule has 0 fully saturated rings. The van der Waals surface area contributed by atoms with Gasteiger partial charge in [0.05, 0.1) is 6.10 Å². The lowest BCUT2D eigenvalue weighted by molar-refractivity contribution is 0.197. The van der Waals surface area contributed by atoms with Crippen molar-refractivity contribution >= 4 is 6.21 Å². The van der Waals surface area contributed by atoms with Gasteiger partial charge in [-0.1, -0.05) is 27.7 Å². The molecule has 0 rings (SSSR count). The molecule has 0 radical (unpaired) electrons. The number of aliphatic hydroxyl groups is 1. The fraction of sp³-hybridized carbons (Fsp3) is 0.727. The number of hydrogen-bond donors (Lipinski definition) is 3. The van der Waals surface area contributed by atoms with Gasteiger partial charge in [0.2, 0.25) is 0 Å². The van der Waals surface area contributed by atoms with E-state index in [4.69, 9.17) is 11.1 Å². The molecule has 0 aliphatic rings. The molecule has 0 amide bonds. The fourth-order valence-corrected chi connectivity index (χ4v) is 0.913. The van der Waals surface area contributed by atoms with E-state index in [9.17, 15) is 5.11 Å². The van der Waals surface area contributed by atoms with Crippen LogP contribution >= 0.6 is 0 Å². The molecule has 3 nitrogen and oxygen atoms in total. The highest BCUT2D eigenvalue weighted by Crippen LogP contribution is 2.10. The molecule has 1 unspecified atom stereocenters. The molecule has 3 heteroatoms. The van der Waals surface area contributed by atoms with Gasteiger partial charge in [0.25, 0.3) is 0 Å². The SMILES string of the molecule is CC.CC(C)CCC(O)/C(C=N)=C/N. The Labute approximate surface area is 87.5 Å². The molecule has 0 heterocycles. The van der Waals surface area contributed by atoms with Gasteiger partial charge in [-0.25, -0.2) is 0 Å². The smallest absolute Gasteiger partial charge is 0.0818 e. The molecule has 0 aromatic carbocycles. The minimum Gasteiger partial charge on any atom is -0.404 e. The Kier molecular flexibility index (Phi) is 11.4. The van der Waals surface area contributed by atoms with Crippen molar-refractivity contribution < 1.29 is 5.11 Å². The number of nitrogens with one attached hydrogen (secondary N) is 1. The summed E-state index contributed by atoms with van der Waals surface area (Å²) in [6, 6.07) is 0. The number of rotatable bonds is 5. The summed E-state index contributed by atoms with van der Waals surface area (Å²) in [5, 5.41) is 16.4. The van der Waals surface area contributed by atoms with Crippen LogP contribution in [0.1, 0.15) is 40.5 Å². The molecule has 0 bridgehead atoms. The molecule has 4 N–H and O–H groups in total. The van der Waals surface area contributed by atoms with Crippen LogP contribution in [0.5, 0.6) is 0 Å². The minimum atomic E-state index is -0.574. The maximum absolute atomic E-state index is 9.46. The molecule has 0 saturated heterocycles. The first-order valence-electron chi connectivity index (χ1n) is 5.22. The van der Waals surface area contributed by atoms with Gasteiger partial charge in [0.1, 0.15) is 0 Å². The van der Waals surface area contributed by atoms with E-state index in [1.807, 2.05) is 13.8 Å². The van der Waals surface area contributed by atoms with Gasteiger partial charge >= 0.3 is 0 Å². The van der Waals surface area contributed by atoms with E-state index in [1.165, 1.54) is 6.20 Å². The molecule has 1 atom stereocenters. The summed E-state index contributed by atoms with van der Waals surface area (Å²) in [5.41, 5.74) is 5.71. The summed E-state index contributed by atoms with van der Waals surface area (Å²) in [7, 11) is 0. The zero-order valence-corrected chi connectivity index (χ0v) is 9.75. The van der Waals surface area contributed by atoms with Crippen molar-refractivity contribution in [2.45, 2.75) is 46.6 Å².